The topological polar surface area (TPSA) is 76.1 Å². The van der Waals surface area contributed by atoms with Crippen molar-refractivity contribution in [1.82, 2.24) is 4.90 Å². The second-order valence-corrected chi connectivity index (χ2v) is 5.46. The van der Waals surface area contributed by atoms with Crippen molar-refractivity contribution in [2.45, 2.75) is 38.8 Å². The molecule has 0 unspecified atom stereocenters. The van der Waals surface area contributed by atoms with Crippen molar-refractivity contribution in [2.24, 2.45) is 5.92 Å². The van der Waals surface area contributed by atoms with E-state index >= 15 is 0 Å². The number of carbonyl (C=O) groups excluding carboxylic acids is 2. The molecule has 1 fully saturated rings. The minimum absolute atomic E-state index is 0.0627. The third-order valence-electron chi connectivity index (χ3n) is 2.75. The SMILES string of the molecule is COC(=O)[C@H]1C[C@@H](CO)CN1C(=O)OC(C)(C)C. The van der Waals surface area contributed by atoms with Gasteiger partial charge in [0.2, 0.25) is 0 Å². The monoisotopic (exact) mass is 259 g/mol. The zero-order valence-corrected chi connectivity index (χ0v) is 11.3. The molecule has 1 N–H and O–H groups in total. The highest BCUT2D eigenvalue weighted by Crippen LogP contribution is 2.25. The first-order valence-corrected chi connectivity index (χ1v) is 5.96. The van der Waals surface area contributed by atoms with Crippen molar-refractivity contribution >= 4 is 12.1 Å². The highest BCUT2D eigenvalue weighted by atomic mass is 16.6. The summed E-state index contributed by atoms with van der Waals surface area (Å²) in [5.74, 6) is -0.585. The summed E-state index contributed by atoms with van der Waals surface area (Å²) in [7, 11) is 1.28. The van der Waals surface area contributed by atoms with Gasteiger partial charge in [0.25, 0.3) is 0 Å². The Bertz CT molecular complexity index is 323. The van der Waals surface area contributed by atoms with Crippen LogP contribution in [0.5, 0.6) is 0 Å². The lowest BCUT2D eigenvalue weighted by Gasteiger charge is -2.27. The smallest absolute Gasteiger partial charge is 0.411 e. The molecule has 18 heavy (non-hydrogen) atoms. The molecule has 0 aromatic heterocycles. The summed E-state index contributed by atoms with van der Waals surface area (Å²) >= 11 is 0. The Morgan fingerprint density at radius 3 is 2.44 bits per heavy atom. The van der Waals surface area contributed by atoms with Crippen molar-refractivity contribution < 1.29 is 24.2 Å². The van der Waals surface area contributed by atoms with Crippen LogP contribution in [-0.2, 0) is 14.3 Å². The van der Waals surface area contributed by atoms with Gasteiger partial charge in [0.1, 0.15) is 11.6 Å². The van der Waals surface area contributed by atoms with Crippen LogP contribution in [0.4, 0.5) is 4.79 Å². The molecule has 1 saturated heterocycles. The van der Waals surface area contributed by atoms with Gasteiger partial charge < -0.3 is 14.6 Å². The first kappa shape index (κ1) is 14.8. The van der Waals surface area contributed by atoms with Gasteiger partial charge in [-0.15, -0.1) is 0 Å². The largest absolute Gasteiger partial charge is 0.467 e. The molecule has 1 heterocycles. The predicted molar refractivity (Wildman–Crippen MR) is 63.9 cm³/mol. The van der Waals surface area contributed by atoms with E-state index in [4.69, 9.17) is 9.84 Å². The lowest BCUT2D eigenvalue weighted by atomic mass is 10.1. The van der Waals surface area contributed by atoms with Crippen molar-refractivity contribution in [3.05, 3.63) is 0 Å². The Morgan fingerprint density at radius 2 is 2.00 bits per heavy atom. The van der Waals surface area contributed by atoms with Crippen LogP contribution in [0.3, 0.4) is 0 Å². The van der Waals surface area contributed by atoms with Gasteiger partial charge in [0.15, 0.2) is 0 Å². The number of aliphatic hydroxyl groups is 1. The van der Waals surface area contributed by atoms with Gasteiger partial charge >= 0.3 is 12.1 Å². The molecule has 1 aliphatic heterocycles. The van der Waals surface area contributed by atoms with Crippen molar-refractivity contribution in [2.75, 3.05) is 20.3 Å². The standard InChI is InChI=1S/C12H21NO5/c1-12(2,3)18-11(16)13-6-8(7-14)5-9(13)10(15)17-4/h8-9,14H,5-7H2,1-4H3/t8-,9-/m1/s1. The van der Waals surface area contributed by atoms with Crippen LogP contribution in [0.2, 0.25) is 0 Å². The fourth-order valence-electron chi connectivity index (χ4n) is 1.94. The molecule has 0 saturated carbocycles. The van der Waals surface area contributed by atoms with Crippen LogP contribution >= 0.6 is 0 Å². The van der Waals surface area contributed by atoms with E-state index in [0.29, 0.717) is 13.0 Å². The molecule has 104 valence electrons. The molecule has 1 aliphatic rings. The summed E-state index contributed by atoms with van der Waals surface area (Å²) < 4.78 is 9.90. The molecule has 6 heteroatoms. The molecule has 0 radical (unpaired) electrons. The molecule has 2 atom stereocenters. The van der Waals surface area contributed by atoms with Crippen LogP contribution in [-0.4, -0.2) is 54.0 Å². The lowest BCUT2D eigenvalue weighted by Crippen LogP contribution is -2.43. The predicted octanol–water partition coefficient (Wildman–Crippen LogP) is 0.777. The summed E-state index contributed by atoms with van der Waals surface area (Å²) in [5.41, 5.74) is -0.616. The van der Waals surface area contributed by atoms with Crippen molar-refractivity contribution in [3.63, 3.8) is 0 Å². The Balaban J connectivity index is 2.77. The maximum Gasteiger partial charge on any atom is 0.411 e. The molecular weight excluding hydrogens is 238 g/mol. The summed E-state index contributed by atoms with van der Waals surface area (Å²) in [4.78, 5) is 24.9. The Labute approximate surface area is 107 Å². The third-order valence-corrected chi connectivity index (χ3v) is 2.75. The summed E-state index contributed by atoms with van der Waals surface area (Å²) in [6.45, 7) is 5.53. The van der Waals surface area contributed by atoms with Crippen LogP contribution in [0.1, 0.15) is 27.2 Å². The van der Waals surface area contributed by atoms with Gasteiger partial charge in [0, 0.05) is 19.1 Å². The van der Waals surface area contributed by atoms with E-state index in [-0.39, 0.29) is 12.5 Å². The number of hydrogen-bond acceptors (Lipinski definition) is 5. The van der Waals surface area contributed by atoms with Gasteiger partial charge in [-0.05, 0) is 27.2 Å². The average molecular weight is 259 g/mol. The van der Waals surface area contributed by atoms with Gasteiger partial charge in [-0.1, -0.05) is 0 Å². The molecule has 1 rings (SSSR count). The normalized spacial score (nSPS) is 23.9. The van der Waals surface area contributed by atoms with Gasteiger partial charge in [-0.3, -0.25) is 4.90 Å². The number of hydrogen-bond donors (Lipinski definition) is 1. The van der Waals surface area contributed by atoms with Crippen molar-refractivity contribution in [3.8, 4) is 0 Å². The van der Waals surface area contributed by atoms with Crippen LogP contribution in [0, 0.1) is 5.92 Å². The van der Waals surface area contributed by atoms with E-state index in [1.165, 1.54) is 12.0 Å². The van der Waals surface area contributed by atoms with E-state index in [1.54, 1.807) is 20.8 Å². The number of methoxy groups -OCH3 is 1. The number of aliphatic hydroxyl groups excluding tert-OH is 1. The Kier molecular flexibility index (Phi) is 4.56. The fraction of sp³-hybridized carbons (Fsp3) is 0.833. The van der Waals surface area contributed by atoms with Gasteiger partial charge in [-0.2, -0.15) is 0 Å². The average Bonchev–Trinajstić information content (AvgIpc) is 2.69. The Morgan fingerprint density at radius 1 is 1.39 bits per heavy atom. The lowest BCUT2D eigenvalue weighted by molar-refractivity contribution is -0.145. The van der Waals surface area contributed by atoms with Crippen molar-refractivity contribution in [1.29, 1.82) is 0 Å². The minimum atomic E-state index is -0.665. The van der Waals surface area contributed by atoms with Crippen LogP contribution in [0.15, 0.2) is 0 Å². The van der Waals surface area contributed by atoms with E-state index in [0.717, 1.165) is 0 Å². The maximum atomic E-state index is 12.0. The zero-order valence-electron chi connectivity index (χ0n) is 11.3. The molecule has 6 nitrogen and oxygen atoms in total. The number of rotatable bonds is 2. The minimum Gasteiger partial charge on any atom is -0.467 e. The summed E-state index contributed by atoms with van der Waals surface area (Å²) in [6.07, 6.45) is -0.142. The second kappa shape index (κ2) is 5.56. The number of likely N-dealkylation sites (tertiary alicyclic amines) is 1. The number of amides is 1. The number of esters is 1. The van der Waals surface area contributed by atoms with E-state index in [9.17, 15) is 9.59 Å². The zero-order chi connectivity index (χ0) is 13.9. The fourth-order valence-corrected chi connectivity index (χ4v) is 1.94. The number of ether oxygens (including phenoxy) is 2. The highest BCUT2D eigenvalue weighted by Gasteiger charge is 2.41. The number of nitrogens with zero attached hydrogens (tertiary/aromatic N) is 1. The molecular formula is C12H21NO5. The van der Waals surface area contributed by atoms with Crippen LogP contribution < -0.4 is 0 Å². The van der Waals surface area contributed by atoms with Gasteiger partial charge in [-0.25, -0.2) is 9.59 Å². The Hall–Kier alpha value is -1.30. The quantitative estimate of drug-likeness (QED) is 0.741. The highest BCUT2D eigenvalue weighted by molar-refractivity contribution is 5.82. The van der Waals surface area contributed by atoms with Gasteiger partial charge in [0.05, 0.1) is 7.11 Å². The maximum absolute atomic E-state index is 12.0. The molecule has 0 aliphatic carbocycles. The van der Waals surface area contributed by atoms with E-state index in [1.807, 2.05) is 0 Å². The van der Waals surface area contributed by atoms with E-state index in [2.05, 4.69) is 4.74 Å². The van der Waals surface area contributed by atoms with E-state index < -0.39 is 23.7 Å². The summed E-state index contributed by atoms with van der Waals surface area (Å²) in [6, 6.07) is -0.665. The first-order valence-electron chi connectivity index (χ1n) is 5.96. The second-order valence-electron chi connectivity index (χ2n) is 5.46. The molecule has 0 spiro atoms. The molecule has 0 bridgehead atoms. The molecule has 1 amide bonds. The third kappa shape index (κ3) is 3.60. The molecule has 0 aromatic rings. The van der Waals surface area contributed by atoms with Crippen LogP contribution in [0.25, 0.3) is 0 Å². The summed E-state index contributed by atoms with van der Waals surface area (Å²) in [5, 5.41) is 9.14. The number of carbonyl (C=O) groups is 2. The molecule has 0 aromatic carbocycles. The first-order chi connectivity index (χ1) is 8.28.